The van der Waals surface area contributed by atoms with E-state index in [-0.39, 0.29) is 17.5 Å². The summed E-state index contributed by atoms with van der Waals surface area (Å²) in [5, 5.41) is 9.64. The van der Waals surface area contributed by atoms with E-state index in [2.05, 4.69) is 0 Å². The molecule has 0 aliphatic carbocycles. The van der Waals surface area contributed by atoms with Crippen LogP contribution in [0, 0.1) is 0 Å². The van der Waals surface area contributed by atoms with Crippen molar-refractivity contribution >= 4 is 10.0 Å². The summed E-state index contributed by atoms with van der Waals surface area (Å²) in [5.74, 6) is 0. The number of sulfonamides is 1. The molecule has 20 heavy (non-hydrogen) atoms. The summed E-state index contributed by atoms with van der Waals surface area (Å²) >= 11 is 0. The van der Waals surface area contributed by atoms with Gasteiger partial charge in [-0.3, -0.25) is 0 Å². The second-order valence-electron chi connectivity index (χ2n) is 5.25. The maximum Gasteiger partial charge on any atom is 0.243 e. The van der Waals surface area contributed by atoms with Gasteiger partial charge in [-0.1, -0.05) is 19.1 Å². The highest BCUT2D eigenvalue weighted by atomic mass is 32.2. The third kappa shape index (κ3) is 3.20. The number of aliphatic hydroxyl groups excluding tert-OH is 1. The lowest BCUT2D eigenvalue weighted by molar-refractivity contribution is 0.108. The van der Waals surface area contributed by atoms with Gasteiger partial charge in [-0.25, -0.2) is 8.42 Å². The highest BCUT2D eigenvalue weighted by Gasteiger charge is 2.29. The molecule has 5 nitrogen and oxygen atoms in total. The monoisotopic (exact) mass is 298 g/mol. The third-order valence-electron chi connectivity index (χ3n) is 3.72. The highest BCUT2D eigenvalue weighted by Crippen LogP contribution is 2.23. The van der Waals surface area contributed by atoms with Crippen molar-refractivity contribution in [2.45, 2.75) is 43.2 Å². The lowest BCUT2D eigenvalue weighted by Crippen LogP contribution is -2.42. The lowest BCUT2D eigenvalue weighted by Gasteiger charge is -2.29. The number of rotatable bonds is 4. The minimum Gasteiger partial charge on any atom is -0.392 e. The molecule has 0 bridgehead atoms. The van der Waals surface area contributed by atoms with Crippen LogP contribution in [0.2, 0.25) is 0 Å². The van der Waals surface area contributed by atoms with Crippen LogP contribution in [-0.4, -0.2) is 37.0 Å². The van der Waals surface area contributed by atoms with E-state index in [9.17, 15) is 13.5 Å². The van der Waals surface area contributed by atoms with Gasteiger partial charge in [0.15, 0.2) is 0 Å². The van der Waals surface area contributed by atoms with Gasteiger partial charge in [-0.2, -0.15) is 4.31 Å². The standard InChI is InChI=1S/C14H22N2O3S/c1-2-14(15)11-5-3-7-13(9-11)20(18,19)16-8-4-6-12(17)10-16/h3,5,7,9,12,14,17H,2,4,6,8,10,15H2,1H3. The molecule has 3 N–H and O–H groups in total. The fourth-order valence-electron chi connectivity index (χ4n) is 2.43. The first-order valence-electron chi connectivity index (χ1n) is 6.99. The number of benzene rings is 1. The summed E-state index contributed by atoms with van der Waals surface area (Å²) in [6, 6.07) is 6.64. The smallest absolute Gasteiger partial charge is 0.243 e. The Kier molecular flexibility index (Phi) is 4.80. The zero-order valence-electron chi connectivity index (χ0n) is 11.7. The fraction of sp³-hybridized carbons (Fsp3) is 0.571. The summed E-state index contributed by atoms with van der Waals surface area (Å²) in [6.07, 6.45) is 1.53. The fourth-order valence-corrected chi connectivity index (χ4v) is 4.00. The van der Waals surface area contributed by atoms with Crippen molar-refractivity contribution in [2.24, 2.45) is 5.73 Å². The van der Waals surface area contributed by atoms with Crippen LogP contribution >= 0.6 is 0 Å². The number of β-amino-alcohol motifs (C(OH)–C–C–N with tert-alkyl or cyclic N) is 1. The summed E-state index contributed by atoms with van der Waals surface area (Å²) in [6.45, 7) is 2.60. The molecule has 2 rings (SSSR count). The van der Waals surface area contributed by atoms with E-state index < -0.39 is 16.1 Å². The minimum absolute atomic E-state index is 0.155. The van der Waals surface area contributed by atoms with Gasteiger partial charge >= 0.3 is 0 Å². The van der Waals surface area contributed by atoms with Crippen LogP contribution in [0.5, 0.6) is 0 Å². The molecule has 1 aromatic carbocycles. The molecule has 6 heteroatoms. The molecule has 1 aliphatic heterocycles. The number of nitrogens with zero attached hydrogens (tertiary/aromatic N) is 1. The Hall–Kier alpha value is -0.950. The number of piperidine rings is 1. The van der Waals surface area contributed by atoms with Crippen molar-refractivity contribution in [1.82, 2.24) is 4.31 Å². The zero-order valence-corrected chi connectivity index (χ0v) is 12.5. The molecule has 1 saturated heterocycles. The molecule has 0 amide bonds. The van der Waals surface area contributed by atoms with E-state index in [0.29, 0.717) is 19.4 Å². The molecule has 1 heterocycles. The zero-order chi connectivity index (χ0) is 14.8. The van der Waals surface area contributed by atoms with E-state index in [1.54, 1.807) is 18.2 Å². The highest BCUT2D eigenvalue weighted by molar-refractivity contribution is 7.89. The normalized spacial score (nSPS) is 22.6. The van der Waals surface area contributed by atoms with Crippen molar-refractivity contribution in [3.05, 3.63) is 29.8 Å². The number of hydrogen-bond donors (Lipinski definition) is 2. The average molecular weight is 298 g/mol. The Morgan fingerprint density at radius 2 is 2.25 bits per heavy atom. The van der Waals surface area contributed by atoms with Crippen LogP contribution in [0.25, 0.3) is 0 Å². The van der Waals surface area contributed by atoms with Crippen LogP contribution in [0.1, 0.15) is 37.8 Å². The Morgan fingerprint density at radius 3 is 2.90 bits per heavy atom. The van der Waals surface area contributed by atoms with Gasteiger partial charge in [0.2, 0.25) is 10.0 Å². The SMILES string of the molecule is CCC(N)c1cccc(S(=O)(=O)N2CCCC(O)C2)c1. The Bertz CT molecular complexity index is 559. The Balaban J connectivity index is 2.29. The molecule has 2 unspecified atom stereocenters. The van der Waals surface area contributed by atoms with E-state index in [1.807, 2.05) is 13.0 Å². The van der Waals surface area contributed by atoms with Crippen LogP contribution in [0.3, 0.4) is 0 Å². The van der Waals surface area contributed by atoms with Gasteiger partial charge in [-0.05, 0) is 37.0 Å². The third-order valence-corrected chi connectivity index (χ3v) is 5.58. The quantitative estimate of drug-likeness (QED) is 0.876. The Morgan fingerprint density at radius 1 is 1.50 bits per heavy atom. The number of aliphatic hydroxyl groups is 1. The van der Waals surface area contributed by atoms with E-state index >= 15 is 0 Å². The van der Waals surface area contributed by atoms with Crippen molar-refractivity contribution in [3.8, 4) is 0 Å². The van der Waals surface area contributed by atoms with Crippen LogP contribution in [-0.2, 0) is 10.0 Å². The second kappa shape index (κ2) is 6.22. The minimum atomic E-state index is -3.54. The molecule has 1 fully saturated rings. The molecular weight excluding hydrogens is 276 g/mol. The molecule has 0 spiro atoms. The summed E-state index contributed by atoms with van der Waals surface area (Å²) in [7, 11) is -3.54. The van der Waals surface area contributed by atoms with E-state index in [4.69, 9.17) is 5.73 Å². The second-order valence-corrected chi connectivity index (χ2v) is 7.18. The molecular formula is C14H22N2O3S. The van der Waals surface area contributed by atoms with Gasteiger partial charge in [-0.15, -0.1) is 0 Å². The van der Waals surface area contributed by atoms with Gasteiger partial charge in [0.1, 0.15) is 0 Å². The lowest BCUT2D eigenvalue weighted by atomic mass is 10.1. The molecule has 0 saturated carbocycles. The average Bonchev–Trinajstić information content (AvgIpc) is 2.46. The van der Waals surface area contributed by atoms with Gasteiger partial charge < -0.3 is 10.8 Å². The molecule has 112 valence electrons. The van der Waals surface area contributed by atoms with Crippen LogP contribution < -0.4 is 5.73 Å². The maximum atomic E-state index is 12.6. The molecule has 1 aliphatic rings. The maximum absolute atomic E-state index is 12.6. The number of hydrogen-bond acceptors (Lipinski definition) is 4. The van der Waals surface area contributed by atoms with Gasteiger partial charge in [0.25, 0.3) is 0 Å². The summed E-state index contributed by atoms with van der Waals surface area (Å²) in [5.41, 5.74) is 6.78. The van der Waals surface area contributed by atoms with Gasteiger partial charge in [0.05, 0.1) is 11.0 Å². The van der Waals surface area contributed by atoms with Gasteiger partial charge in [0, 0.05) is 19.1 Å². The van der Waals surface area contributed by atoms with Crippen molar-refractivity contribution in [1.29, 1.82) is 0 Å². The summed E-state index contributed by atoms with van der Waals surface area (Å²) < 4.78 is 26.5. The first-order valence-corrected chi connectivity index (χ1v) is 8.43. The predicted octanol–water partition coefficient (Wildman–Crippen LogP) is 1.24. The predicted molar refractivity (Wildman–Crippen MR) is 77.7 cm³/mol. The first-order chi connectivity index (χ1) is 9.45. The van der Waals surface area contributed by atoms with Crippen LogP contribution in [0.4, 0.5) is 0 Å². The molecule has 1 aromatic rings. The topological polar surface area (TPSA) is 83.6 Å². The summed E-state index contributed by atoms with van der Waals surface area (Å²) in [4.78, 5) is 0.257. The van der Waals surface area contributed by atoms with Crippen LogP contribution in [0.15, 0.2) is 29.2 Å². The van der Waals surface area contributed by atoms with Crippen molar-refractivity contribution in [2.75, 3.05) is 13.1 Å². The van der Waals surface area contributed by atoms with E-state index in [1.165, 1.54) is 4.31 Å². The molecule has 0 aromatic heterocycles. The largest absolute Gasteiger partial charge is 0.392 e. The Labute approximate surface area is 120 Å². The molecule has 2 atom stereocenters. The molecule has 0 radical (unpaired) electrons. The first kappa shape index (κ1) is 15.4. The van der Waals surface area contributed by atoms with E-state index in [0.717, 1.165) is 12.0 Å². The number of nitrogens with two attached hydrogens (primary N) is 1. The van der Waals surface area contributed by atoms with Crippen molar-refractivity contribution < 1.29 is 13.5 Å². The van der Waals surface area contributed by atoms with Crippen molar-refractivity contribution in [3.63, 3.8) is 0 Å².